The number of phenols is 1. The van der Waals surface area contributed by atoms with Crippen molar-refractivity contribution in [2.45, 2.75) is 133 Å². The summed E-state index contributed by atoms with van der Waals surface area (Å²) in [5, 5.41) is 16.4. The van der Waals surface area contributed by atoms with E-state index in [9.17, 15) is 50.2 Å². The Balaban J connectivity index is 1.14. The van der Waals surface area contributed by atoms with Crippen LogP contribution in [0.2, 0.25) is 0 Å². The van der Waals surface area contributed by atoms with Gasteiger partial charge in [0, 0.05) is 91.2 Å². The predicted octanol–water partition coefficient (Wildman–Crippen LogP) is 8.08. The number of aromatic hydroxyl groups is 1. The zero-order chi connectivity index (χ0) is 56.0. The number of nitrogens with one attached hydrogen (secondary N) is 2. The van der Waals surface area contributed by atoms with Crippen molar-refractivity contribution in [1.82, 2.24) is 15.5 Å². The van der Waals surface area contributed by atoms with Gasteiger partial charge in [-0.2, -0.15) is 16.8 Å². The molecule has 0 fully saturated rings. The van der Waals surface area contributed by atoms with Crippen LogP contribution in [-0.2, 0) is 56.7 Å². The molecule has 3 aromatic carbocycles. The summed E-state index contributed by atoms with van der Waals surface area (Å²) < 4.78 is 75.0. The number of allylic oxidation sites excluding steroid dienone is 8. The molecule has 0 aliphatic carbocycles. The van der Waals surface area contributed by atoms with E-state index >= 15 is 0 Å². The number of amides is 4. The Bertz CT molecular complexity index is 3190. The number of imide groups is 1. The molecule has 1 unspecified atom stereocenters. The van der Waals surface area contributed by atoms with Crippen molar-refractivity contribution in [2.24, 2.45) is 4.99 Å². The Hall–Kier alpha value is -6.67. The van der Waals surface area contributed by atoms with Gasteiger partial charge in [0.1, 0.15) is 11.5 Å². The summed E-state index contributed by atoms with van der Waals surface area (Å²) in [6.07, 6.45) is 19.1. The highest BCUT2D eigenvalue weighted by atomic mass is 32.2. The van der Waals surface area contributed by atoms with E-state index in [1.165, 1.54) is 36.4 Å². The Kier molecular flexibility index (Phi) is 18.3. The maximum Gasteiger partial charge on any atom is 0.294 e. The van der Waals surface area contributed by atoms with Crippen LogP contribution in [0.1, 0.15) is 112 Å². The third-order valence-corrected chi connectivity index (χ3v) is 16.4. The lowest BCUT2D eigenvalue weighted by Gasteiger charge is -2.36. The van der Waals surface area contributed by atoms with E-state index < -0.39 is 48.5 Å². The fourth-order valence-corrected chi connectivity index (χ4v) is 10.9. The molecule has 0 bridgehead atoms. The minimum Gasteiger partial charge on any atom is -0.507 e. The average molecular weight is 1080 g/mol. The summed E-state index contributed by atoms with van der Waals surface area (Å²) in [5.41, 5.74) is 5.02. The minimum absolute atomic E-state index is 0.0939. The lowest BCUT2D eigenvalue weighted by Crippen LogP contribution is -2.51. The number of unbranched alkanes of at least 4 members (excludes halogenated alkanes) is 2. The van der Waals surface area contributed by atoms with Gasteiger partial charge in [-0.3, -0.25) is 38.2 Å². The van der Waals surface area contributed by atoms with Crippen LogP contribution in [0.15, 0.2) is 112 Å². The van der Waals surface area contributed by atoms with Crippen molar-refractivity contribution in [3.8, 4) is 11.5 Å². The highest BCUT2D eigenvalue weighted by Gasteiger charge is 2.42. The molecule has 1 atom stereocenters. The van der Waals surface area contributed by atoms with E-state index in [1.54, 1.807) is 19.1 Å². The fourth-order valence-electron chi connectivity index (χ4n) is 9.93. The highest BCUT2D eigenvalue weighted by molar-refractivity contribution is 7.86. The number of carbonyl (C=O) groups is 4. The first kappa shape index (κ1) is 58.6. The van der Waals surface area contributed by atoms with Gasteiger partial charge in [0.2, 0.25) is 5.91 Å². The van der Waals surface area contributed by atoms with Crippen LogP contribution in [0.4, 0.5) is 5.69 Å². The van der Waals surface area contributed by atoms with E-state index in [0.29, 0.717) is 75.2 Å². The van der Waals surface area contributed by atoms with Crippen LogP contribution in [0.25, 0.3) is 0 Å². The SMILES string of the molecule is Cc1ccc(S(=O)(=O)O)cc1C(C)(C)C(/C=C/C=C/C=C/C=C1/N(CCCCCC(=O)NCCN2C(=O)C=CC2=O)c2ccc(S(=O)(=O)O)cc2C1(C)C)=N/CCCNC(=O)C1(C)CCc2c(C)c(O)c(C)c(C)c2O1. The maximum atomic E-state index is 13.6. The van der Waals surface area contributed by atoms with Crippen LogP contribution in [-0.4, -0.2) is 104 Å². The number of phenolic OH excluding ortho intramolecular Hbond substituents is 1. The number of fused-ring (bicyclic) bond motifs is 2. The zero-order valence-corrected chi connectivity index (χ0v) is 46.5. The molecule has 3 aromatic rings. The lowest BCUT2D eigenvalue weighted by atomic mass is 9.77. The molecule has 19 heteroatoms. The molecule has 4 amide bonds. The molecule has 3 aliphatic heterocycles. The number of benzene rings is 3. The van der Waals surface area contributed by atoms with Crippen LogP contribution in [0.5, 0.6) is 11.5 Å². The summed E-state index contributed by atoms with van der Waals surface area (Å²) in [6, 6.07) is 9.01. The molecular weight excluding hydrogens is 1010 g/mol. The first-order chi connectivity index (χ1) is 35.6. The average Bonchev–Trinajstić information content (AvgIpc) is 3.79. The molecule has 3 aliphatic rings. The van der Waals surface area contributed by atoms with Crippen molar-refractivity contribution in [3.05, 3.63) is 136 Å². The molecule has 17 nitrogen and oxygen atoms in total. The van der Waals surface area contributed by atoms with E-state index in [4.69, 9.17) is 9.73 Å². The van der Waals surface area contributed by atoms with Crippen molar-refractivity contribution >= 4 is 55.3 Å². The summed E-state index contributed by atoms with van der Waals surface area (Å²) in [5.74, 6) is -0.368. The van der Waals surface area contributed by atoms with Gasteiger partial charge in [0.25, 0.3) is 38.0 Å². The van der Waals surface area contributed by atoms with E-state index in [2.05, 4.69) is 15.5 Å². The number of hydrogen-bond acceptors (Lipinski definition) is 12. The quantitative estimate of drug-likeness (QED) is 0.0210. The lowest BCUT2D eigenvalue weighted by molar-refractivity contribution is -0.137. The second-order valence-electron chi connectivity index (χ2n) is 20.8. The number of anilines is 1. The number of aryl methyl sites for hydroxylation is 1. The van der Waals surface area contributed by atoms with Gasteiger partial charge in [-0.1, -0.05) is 70.6 Å². The first-order valence-electron chi connectivity index (χ1n) is 25.4. The molecular formula is C57H71N5O12S2. The molecule has 0 spiro atoms. The van der Waals surface area contributed by atoms with E-state index in [0.717, 1.165) is 49.7 Å². The maximum absolute atomic E-state index is 13.6. The van der Waals surface area contributed by atoms with Crippen LogP contribution >= 0.6 is 0 Å². The first-order valence-corrected chi connectivity index (χ1v) is 28.3. The van der Waals surface area contributed by atoms with Crippen LogP contribution in [0, 0.1) is 27.7 Å². The van der Waals surface area contributed by atoms with E-state index in [-0.39, 0.29) is 46.9 Å². The fraction of sp³-hybridized carbons (Fsp3) is 0.421. The third kappa shape index (κ3) is 13.3. The molecule has 408 valence electrons. The Morgan fingerprint density at radius 1 is 0.776 bits per heavy atom. The van der Waals surface area contributed by atoms with Gasteiger partial charge in [-0.25, -0.2) is 0 Å². The predicted molar refractivity (Wildman–Crippen MR) is 293 cm³/mol. The second kappa shape index (κ2) is 23.7. The summed E-state index contributed by atoms with van der Waals surface area (Å²) in [4.78, 5) is 57.4. The smallest absolute Gasteiger partial charge is 0.294 e. The normalized spacial score (nSPS) is 18.4. The number of hydrogen-bond donors (Lipinski definition) is 5. The topological polar surface area (TPSA) is 249 Å². The molecule has 0 aromatic heterocycles. The molecule has 0 saturated carbocycles. The van der Waals surface area contributed by atoms with Gasteiger partial charge < -0.3 is 25.4 Å². The minimum atomic E-state index is -4.50. The molecule has 3 heterocycles. The Morgan fingerprint density at radius 3 is 2.11 bits per heavy atom. The number of nitrogens with zero attached hydrogens (tertiary/aromatic N) is 3. The third-order valence-electron chi connectivity index (χ3n) is 14.7. The Labute approximate surface area is 447 Å². The number of ether oxygens (including phenoxy) is 1. The van der Waals surface area contributed by atoms with Crippen LogP contribution in [0.3, 0.4) is 0 Å². The summed E-state index contributed by atoms with van der Waals surface area (Å²) in [7, 11) is -8.97. The van der Waals surface area contributed by atoms with Gasteiger partial charge in [-0.05, 0) is 136 Å². The van der Waals surface area contributed by atoms with Gasteiger partial charge in [0.05, 0.1) is 9.79 Å². The largest absolute Gasteiger partial charge is 0.507 e. The van der Waals surface area contributed by atoms with E-state index in [1.807, 2.05) is 97.9 Å². The summed E-state index contributed by atoms with van der Waals surface area (Å²) >= 11 is 0. The van der Waals surface area contributed by atoms with Gasteiger partial charge in [0.15, 0.2) is 5.60 Å². The molecule has 76 heavy (non-hydrogen) atoms. The molecule has 0 radical (unpaired) electrons. The molecule has 5 N–H and O–H groups in total. The zero-order valence-electron chi connectivity index (χ0n) is 44.8. The molecule has 6 rings (SSSR count). The Morgan fingerprint density at radius 2 is 1.42 bits per heavy atom. The summed E-state index contributed by atoms with van der Waals surface area (Å²) in [6.45, 7) is 18.4. The number of carbonyl (C=O) groups excluding carboxylic acids is 4. The monoisotopic (exact) mass is 1080 g/mol. The highest BCUT2D eigenvalue weighted by Crippen LogP contribution is 2.49. The van der Waals surface area contributed by atoms with Crippen molar-refractivity contribution in [2.75, 3.05) is 37.6 Å². The van der Waals surface area contributed by atoms with Gasteiger partial charge >= 0.3 is 0 Å². The standard InChI is InChI=1S/C57H71N5O12S2/c1-37-22-23-41(75(68,69)70)35-44(37)55(5,6)47(58-30-18-31-60-54(67)57(9)29-28-43-40(4)52(66)38(2)39(3)53(43)74-57)19-14-11-10-12-15-20-48-56(7,8)45-36-42(76(71,72)73)24-25-46(45)61(48)33-17-13-16-21-49(63)59-32-34-62-50(64)26-27-51(62)65/h10-12,14-15,19-20,22-27,35-36,66H,13,16-18,21,28-34H2,1-9H3,(H,59,63)(H,60,67)(H,68,69,70)(H,71,72,73)/b11-10+,15-12+,19-14+,48-20+,58-47+. The van der Waals surface area contributed by atoms with Crippen molar-refractivity contribution in [3.63, 3.8) is 0 Å². The van der Waals surface area contributed by atoms with Crippen molar-refractivity contribution < 1.29 is 55.0 Å². The van der Waals surface area contributed by atoms with Crippen molar-refractivity contribution in [1.29, 1.82) is 0 Å². The molecule has 0 saturated heterocycles. The van der Waals surface area contributed by atoms with Gasteiger partial charge in [-0.15, -0.1) is 0 Å². The van der Waals surface area contributed by atoms with Crippen LogP contribution < -0.4 is 20.3 Å². The second-order valence-corrected chi connectivity index (χ2v) is 23.6. The number of aliphatic imine (C=N–C) groups is 1. The number of rotatable bonds is 22.